The minimum absolute atomic E-state index is 0.744. The highest BCUT2D eigenvalue weighted by atomic mass is 16.5. The second kappa shape index (κ2) is 6.80. The molecule has 0 bridgehead atoms. The van der Waals surface area contributed by atoms with Gasteiger partial charge in [-0.2, -0.15) is 0 Å². The second-order valence-electron chi connectivity index (χ2n) is 5.45. The maximum Gasteiger partial charge on any atom is 0.142 e. The molecule has 1 aliphatic heterocycles. The number of anilines is 1. The molecule has 1 fully saturated rings. The smallest absolute Gasteiger partial charge is 0.142 e. The molecule has 1 saturated heterocycles. The standard InChI is InChI=1S/C16H26N2O/c1-4-13-7-8-16(19-3)15(10-13)18(2)12-14-6-5-9-17-11-14/h7-8,10,14,17H,4-6,9,11-12H2,1-3H3. The van der Waals surface area contributed by atoms with Crippen LogP contribution in [-0.2, 0) is 6.42 Å². The van der Waals surface area contributed by atoms with E-state index in [4.69, 9.17) is 4.74 Å². The summed E-state index contributed by atoms with van der Waals surface area (Å²) in [7, 11) is 3.92. The molecule has 0 saturated carbocycles. The van der Waals surface area contributed by atoms with E-state index in [1.54, 1.807) is 7.11 Å². The molecule has 19 heavy (non-hydrogen) atoms. The van der Waals surface area contributed by atoms with E-state index >= 15 is 0 Å². The molecule has 2 rings (SSSR count). The van der Waals surface area contributed by atoms with Crippen LogP contribution in [0.1, 0.15) is 25.3 Å². The summed E-state index contributed by atoms with van der Waals surface area (Å²) >= 11 is 0. The van der Waals surface area contributed by atoms with Crippen molar-refractivity contribution < 1.29 is 4.74 Å². The van der Waals surface area contributed by atoms with Crippen LogP contribution in [0, 0.1) is 5.92 Å². The van der Waals surface area contributed by atoms with Gasteiger partial charge in [0, 0.05) is 13.6 Å². The summed E-state index contributed by atoms with van der Waals surface area (Å²) in [5, 5.41) is 3.48. The number of hydrogen-bond donors (Lipinski definition) is 1. The zero-order chi connectivity index (χ0) is 13.7. The van der Waals surface area contributed by atoms with E-state index in [1.165, 1.54) is 30.6 Å². The Balaban J connectivity index is 2.09. The molecule has 0 aromatic heterocycles. The van der Waals surface area contributed by atoms with Gasteiger partial charge in [0.2, 0.25) is 0 Å². The predicted molar refractivity (Wildman–Crippen MR) is 81.2 cm³/mol. The number of piperidine rings is 1. The van der Waals surface area contributed by atoms with E-state index in [0.29, 0.717) is 0 Å². The van der Waals surface area contributed by atoms with E-state index in [-0.39, 0.29) is 0 Å². The quantitative estimate of drug-likeness (QED) is 0.883. The summed E-state index contributed by atoms with van der Waals surface area (Å²) < 4.78 is 5.50. The molecule has 1 atom stereocenters. The summed E-state index contributed by atoms with van der Waals surface area (Å²) in [6, 6.07) is 6.50. The Labute approximate surface area is 116 Å². The molecule has 1 aromatic rings. The molecule has 1 aromatic carbocycles. The molecule has 1 heterocycles. The number of methoxy groups -OCH3 is 1. The Kier molecular flexibility index (Phi) is 5.08. The lowest BCUT2D eigenvalue weighted by Crippen LogP contribution is -2.37. The fourth-order valence-corrected chi connectivity index (χ4v) is 2.82. The van der Waals surface area contributed by atoms with Gasteiger partial charge in [-0.3, -0.25) is 0 Å². The number of nitrogens with zero attached hydrogens (tertiary/aromatic N) is 1. The molecule has 0 radical (unpaired) electrons. The van der Waals surface area contributed by atoms with Gasteiger partial charge >= 0.3 is 0 Å². The lowest BCUT2D eigenvalue weighted by molar-refractivity contribution is 0.378. The molecule has 3 nitrogen and oxygen atoms in total. The maximum absolute atomic E-state index is 5.50. The van der Waals surface area contributed by atoms with Crippen molar-refractivity contribution in [3.63, 3.8) is 0 Å². The fraction of sp³-hybridized carbons (Fsp3) is 0.625. The van der Waals surface area contributed by atoms with Gasteiger partial charge in [0.15, 0.2) is 0 Å². The molecule has 1 aliphatic rings. The van der Waals surface area contributed by atoms with Crippen LogP contribution in [0.15, 0.2) is 18.2 Å². The Morgan fingerprint density at radius 1 is 1.42 bits per heavy atom. The van der Waals surface area contributed by atoms with Gasteiger partial charge < -0.3 is 15.0 Å². The van der Waals surface area contributed by atoms with E-state index in [1.807, 2.05) is 0 Å². The van der Waals surface area contributed by atoms with Crippen LogP contribution in [0.4, 0.5) is 5.69 Å². The highest BCUT2D eigenvalue weighted by Gasteiger charge is 2.17. The van der Waals surface area contributed by atoms with Crippen LogP contribution in [0.2, 0.25) is 0 Å². The predicted octanol–water partition coefficient (Wildman–Crippen LogP) is 2.69. The molecule has 106 valence electrons. The van der Waals surface area contributed by atoms with Gasteiger partial charge in [-0.05, 0) is 56.0 Å². The van der Waals surface area contributed by atoms with Crippen molar-refractivity contribution in [2.24, 2.45) is 5.92 Å². The third-order valence-electron chi connectivity index (χ3n) is 3.99. The number of nitrogens with one attached hydrogen (secondary N) is 1. The van der Waals surface area contributed by atoms with Crippen LogP contribution in [-0.4, -0.2) is 33.8 Å². The summed E-state index contributed by atoms with van der Waals surface area (Å²) in [6.45, 7) is 5.60. The van der Waals surface area contributed by atoms with Crippen molar-refractivity contribution in [3.8, 4) is 5.75 Å². The molecule has 3 heteroatoms. The highest BCUT2D eigenvalue weighted by molar-refractivity contribution is 5.59. The van der Waals surface area contributed by atoms with Crippen molar-refractivity contribution >= 4 is 5.69 Å². The molecule has 0 aliphatic carbocycles. The monoisotopic (exact) mass is 262 g/mol. The van der Waals surface area contributed by atoms with Crippen LogP contribution in [0.5, 0.6) is 5.75 Å². The zero-order valence-corrected chi connectivity index (χ0v) is 12.4. The first-order chi connectivity index (χ1) is 9.24. The Morgan fingerprint density at radius 3 is 2.89 bits per heavy atom. The number of hydrogen-bond acceptors (Lipinski definition) is 3. The van der Waals surface area contributed by atoms with Crippen LogP contribution in [0.3, 0.4) is 0 Å². The van der Waals surface area contributed by atoms with E-state index in [0.717, 1.165) is 31.2 Å². The molecular weight excluding hydrogens is 236 g/mol. The van der Waals surface area contributed by atoms with Crippen molar-refractivity contribution in [3.05, 3.63) is 23.8 Å². The normalized spacial score (nSPS) is 19.2. The third kappa shape index (κ3) is 3.63. The summed E-state index contributed by atoms with van der Waals surface area (Å²) in [5.74, 6) is 1.72. The minimum atomic E-state index is 0.744. The van der Waals surface area contributed by atoms with Crippen molar-refractivity contribution in [1.29, 1.82) is 0 Å². The van der Waals surface area contributed by atoms with Crippen LogP contribution in [0.25, 0.3) is 0 Å². The van der Waals surface area contributed by atoms with Gasteiger partial charge in [0.25, 0.3) is 0 Å². The van der Waals surface area contributed by atoms with Crippen molar-refractivity contribution in [2.45, 2.75) is 26.2 Å². The van der Waals surface area contributed by atoms with E-state index in [2.05, 4.69) is 42.4 Å². The first-order valence-electron chi connectivity index (χ1n) is 7.33. The molecular formula is C16H26N2O. The maximum atomic E-state index is 5.50. The molecule has 0 amide bonds. The first kappa shape index (κ1) is 14.2. The third-order valence-corrected chi connectivity index (χ3v) is 3.99. The van der Waals surface area contributed by atoms with Gasteiger partial charge in [0.05, 0.1) is 12.8 Å². The SMILES string of the molecule is CCc1ccc(OC)c(N(C)CC2CCCNC2)c1. The molecule has 1 N–H and O–H groups in total. The zero-order valence-electron chi connectivity index (χ0n) is 12.4. The van der Waals surface area contributed by atoms with Gasteiger partial charge in [-0.25, -0.2) is 0 Å². The molecule has 1 unspecified atom stereocenters. The summed E-state index contributed by atoms with van der Waals surface area (Å²) in [5.41, 5.74) is 2.58. The fourth-order valence-electron chi connectivity index (χ4n) is 2.82. The lowest BCUT2D eigenvalue weighted by Gasteiger charge is -2.30. The van der Waals surface area contributed by atoms with Gasteiger partial charge in [-0.15, -0.1) is 0 Å². The van der Waals surface area contributed by atoms with Gasteiger partial charge in [-0.1, -0.05) is 13.0 Å². The van der Waals surface area contributed by atoms with Crippen LogP contribution < -0.4 is 15.0 Å². The average molecular weight is 262 g/mol. The highest BCUT2D eigenvalue weighted by Crippen LogP contribution is 2.29. The summed E-state index contributed by atoms with van der Waals surface area (Å²) in [6.07, 6.45) is 3.69. The topological polar surface area (TPSA) is 24.5 Å². The number of benzene rings is 1. The van der Waals surface area contributed by atoms with Crippen molar-refractivity contribution in [2.75, 3.05) is 38.7 Å². The minimum Gasteiger partial charge on any atom is -0.495 e. The number of aryl methyl sites for hydroxylation is 1. The van der Waals surface area contributed by atoms with Crippen LogP contribution >= 0.6 is 0 Å². The van der Waals surface area contributed by atoms with Crippen molar-refractivity contribution in [1.82, 2.24) is 5.32 Å². The Hall–Kier alpha value is -1.22. The Morgan fingerprint density at radius 2 is 2.26 bits per heavy atom. The average Bonchev–Trinajstić information content (AvgIpc) is 2.47. The number of rotatable bonds is 5. The van der Waals surface area contributed by atoms with E-state index < -0.39 is 0 Å². The molecule has 0 spiro atoms. The van der Waals surface area contributed by atoms with E-state index in [9.17, 15) is 0 Å². The largest absolute Gasteiger partial charge is 0.495 e. The first-order valence-corrected chi connectivity index (χ1v) is 7.33. The lowest BCUT2D eigenvalue weighted by atomic mass is 9.99. The van der Waals surface area contributed by atoms with Gasteiger partial charge in [0.1, 0.15) is 5.75 Å². The number of ether oxygens (including phenoxy) is 1. The summed E-state index contributed by atoms with van der Waals surface area (Å²) in [4.78, 5) is 2.34. The Bertz CT molecular complexity index is 400. The second-order valence-corrected chi connectivity index (χ2v) is 5.45.